The zero-order chi connectivity index (χ0) is 17.9. The van der Waals surface area contributed by atoms with Crippen molar-refractivity contribution in [3.63, 3.8) is 0 Å². The van der Waals surface area contributed by atoms with Gasteiger partial charge in [0.25, 0.3) is 0 Å². The summed E-state index contributed by atoms with van der Waals surface area (Å²) in [7, 11) is 1.76. The molecule has 6 nitrogen and oxygen atoms in total. The topological polar surface area (TPSA) is 63.5 Å². The molecule has 0 fully saturated rings. The van der Waals surface area contributed by atoms with E-state index in [1.54, 1.807) is 31.4 Å². The van der Waals surface area contributed by atoms with Crippen LogP contribution in [0.1, 0.15) is 12.8 Å². The Kier molecular flexibility index (Phi) is 8.42. The van der Waals surface area contributed by atoms with E-state index in [0.717, 1.165) is 38.4 Å². The number of rotatable bonds is 9. The van der Waals surface area contributed by atoms with Crippen LogP contribution in [0.15, 0.2) is 41.7 Å². The Bertz CT molecular complexity index is 661. The highest BCUT2D eigenvalue weighted by atomic mass is 35.5. The van der Waals surface area contributed by atoms with Crippen LogP contribution in [0.4, 0.5) is 0 Å². The first-order valence-electron chi connectivity index (χ1n) is 8.19. The summed E-state index contributed by atoms with van der Waals surface area (Å²) in [6.45, 7) is 3.03. The standard InChI is InChI=1S/C17H23Cl2N5O/c1-20-17(21-7-2-10-24-11-3-9-23-24)22-8-4-12-25-16-6-5-14(18)13-15(16)19/h3,5-6,9,11,13H,2,4,7-8,10,12H2,1H3,(H2,20,21,22). The van der Waals surface area contributed by atoms with E-state index in [-0.39, 0.29) is 0 Å². The number of ether oxygens (including phenoxy) is 1. The molecular weight excluding hydrogens is 361 g/mol. The Morgan fingerprint density at radius 1 is 1.24 bits per heavy atom. The number of hydrogen-bond acceptors (Lipinski definition) is 3. The van der Waals surface area contributed by atoms with Crippen LogP contribution in [0.3, 0.4) is 0 Å². The molecule has 0 unspecified atom stereocenters. The minimum Gasteiger partial charge on any atom is -0.492 e. The van der Waals surface area contributed by atoms with Crippen molar-refractivity contribution in [3.8, 4) is 5.75 Å². The molecule has 0 spiro atoms. The summed E-state index contributed by atoms with van der Waals surface area (Å²) in [4.78, 5) is 4.20. The minimum absolute atomic E-state index is 0.523. The minimum atomic E-state index is 0.523. The second-order valence-electron chi connectivity index (χ2n) is 5.33. The van der Waals surface area contributed by atoms with Gasteiger partial charge in [0.05, 0.1) is 11.6 Å². The van der Waals surface area contributed by atoms with Crippen LogP contribution in [0.2, 0.25) is 10.0 Å². The highest BCUT2D eigenvalue weighted by Crippen LogP contribution is 2.27. The molecule has 136 valence electrons. The molecule has 0 saturated heterocycles. The Balaban J connectivity index is 1.56. The molecule has 8 heteroatoms. The van der Waals surface area contributed by atoms with Gasteiger partial charge in [-0.05, 0) is 37.1 Å². The van der Waals surface area contributed by atoms with Crippen molar-refractivity contribution in [2.24, 2.45) is 4.99 Å². The van der Waals surface area contributed by atoms with Gasteiger partial charge in [-0.3, -0.25) is 9.67 Å². The van der Waals surface area contributed by atoms with Crippen molar-refractivity contribution in [1.29, 1.82) is 0 Å². The Morgan fingerprint density at radius 2 is 2.04 bits per heavy atom. The highest BCUT2D eigenvalue weighted by Gasteiger charge is 2.02. The Hall–Kier alpha value is -1.92. The van der Waals surface area contributed by atoms with E-state index in [1.807, 2.05) is 16.9 Å². The molecule has 2 N–H and O–H groups in total. The summed E-state index contributed by atoms with van der Waals surface area (Å²) in [5, 5.41) is 11.8. The van der Waals surface area contributed by atoms with Gasteiger partial charge in [-0.2, -0.15) is 5.10 Å². The maximum atomic E-state index is 6.06. The maximum Gasteiger partial charge on any atom is 0.190 e. The van der Waals surface area contributed by atoms with Crippen LogP contribution in [-0.4, -0.2) is 42.5 Å². The summed E-state index contributed by atoms with van der Waals surface area (Å²) in [5.74, 6) is 1.43. The van der Waals surface area contributed by atoms with E-state index in [2.05, 4.69) is 20.7 Å². The number of aliphatic imine (C=N–C) groups is 1. The zero-order valence-corrected chi connectivity index (χ0v) is 15.7. The van der Waals surface area contributed by atoms with Gasteiger partial charge in [0.1, 0.15) is 5.75 Å². The van der Waals surface area contributed by atoms with Gasteiger partial charge in [-0.1, -0.05) is 23.2 Å². The number of benzene rings is 1. The first-order chi connectivity index (χ1) is 12.2. The molecule has 2 rings (SSSR count). The van der Waals surface area contributed by atoms with E-state index in [9.17, 15) is 0 Å². The molecule has 0 radical (unpaired) electrons. The SMILES string of the molecule is CN=C(NCCCOc1ccc(Cl)cc1Cl)NCCCn1cccn1. The van der Waals surface area contributed by atoms with Crippen LogP contribution in [0.5, 0.6) is 5.75 Å². The summed E-state index contributed by atoms with van der Waals surface area (Å²) < 4.78 is 7.56. The summed E-state index contributed by atoms with van der Waals surface area (Å²) in [6.07, 6.45) is 5.54. The lowest BCUT2D eigenvalue weighted by molar-refractivity contribution is 0.311. The molecule has 0 aliphatic rings. The number of hydrogen-bond donors (Lipinski definition) is 2. The number of aromatic nitrogens is 2. The summed E-state index contributed by atoms with van der Waals surface area (Å²) >= 11 is 11.9. The van der Waals surface area contributed by atoms with Gasteiger partial charge < -0.3 is 15.4 Å². The van der Waals surface area contributed by atoms with Crippen LogP contribution in [0.25, 0.3) is 0 Å². The van der Waals surface area contributed by atoms with Gasteiger partial charge in [0, 0.05) is 44.1 Å². The monoisotopic (exact) mass is 383 g/mol. The molecule has 1 heterocycles. The van der Waals surface area contributed by atoms with Gasteiger partial charge >= 0.3 is 0 Å². The van der Waals surface area contributed by atoms with E-state index in [0.29, 0.717) is 22.4 Å². The third-order valence-corrected chi connectivity index (χ3v) is 3.93. The van der Waals surface area contributed by atoms with Crippen molar-refractivity contribution in [2.45, 2.75) is 19.4 Å². The van der Waals surface area contributed by atoms with Crippen LogP contribution in [0, 0.1) is 0 Å². The number of nitrogens with zero attached hydrogens (tertiary/aromatic N) is 3. The average molecular weight is 384 g/mol. The predicted molar refractivity (Wildman–Crippen MR) is 103 cm³/mol. The predicted octanol–water partition coefficient (Wildman–Crippen LogP) is 3.21. The van der Waals surface area contributed by atoms with E-state index in [1.165, 1.54) is 0 Å². The number of aryl methyl sites for hydroxylation is 1. The molecule has 2 aromatic rings. The normalized spacial score (nSPS) is 11.4. The third-order valence-electron chi connectivity index (χ3n) is 3.40. The van der Waals surface area contributed by atoms with E-state index >= 15 is 0 Å². The Morgan fingerprint density at radius 3 is 2.72 bits per heavy atom. The molecule has 0 bridgehead atoms. The van der Waals surface area contributed by atoms with Crippen LogP contribution >= 0.6 is 23.2 Å². The number of halogens is 2. The second kappa shape index (κ2) is 10.8. The average Bonchev–Trinajstić information content (AvgIpc) is 3.11. The smallest absolute Gasteiger partial charge is 0.190 e. The van der Waals surface area contributed by atoms with Gasteiger partial charge in [-0.15, -0.1) is 0 Å². The number of guanidine groups is 1. The molecule has 1 aromatic carbocycles. The second-order valence-corrected chi connectivity index (χ2v) is 6.17. The lowest BCUT2D eigenvalue weighted by Crippen LogP contribution is -2.38. The highest BCUT2D eigenvalue weighted by molar-refractivity contribution is 6.35. The maximum absolute atomic E-state index is 6.06. The molecule has 0 aliphatic carbocycles. The Labute approximate surface area is 158 Å². The van der Waals surface area contributed by atoms with Gasteiger partial charge in [0.2, 0.25) is 0 Å². The first-order valence-corrected chi connectivity index (χ1v) is 8.94. The van der Waals surface area contributed by atoms with Gasteiger partial charge in [0.15, 0.2) is 5.96 Å². The zero-order valence-electron chi connectivity index (χ0n) is 14.2. The van der Waals surface area contributed by atoms with E-state index in [4.69, 9.17) is 27.9 Å². The molecule has 1 aromatic heterocycles. The fraction of sp³-hybridized carbons (Fsp3) is 0.412. The fourth-order valence-electron chi connectivity index (χ4n) is 2.15. The molecule has 0 amide bonds. The number of nitrogens with one attached hydrogen (secondary N) is 2. The lowest BCUT2D eigenvalue weighted by Gasteiger charge is -2.12. The molecule has 0 atom stereocenters. The van der Waals surface area contributed by atoms with E-state index < -0.39 is 0 Å². The van der Waals surface area contributed by atoms with Crippen LogP contribution in [-0.2, 0) is 6.54 Å². The molecule has 25 heavy (non-hydrogen) atoms. The third kappa shape index (κ3) is 7.23. The molecular formula is C17H23Cl2N5O. The quantitative estimate of drug-likeness (QED) is 0.396. The van der Waals surface area contributed by atoms with Crippen molar-refractivity contribution in [2.75, 3.05) is 26.7 Å². The molecule has 0 aliphatic heterocycles. The van der Waals surface area contributed by atoms with Crippen molar-refractivity contribution in [1.82, 2.24) is 20.4 Å². The van der Waals surface area contributed by atoms with Crippen LogP contribution < -0.4 is 15.4 Å². The van der Waals surface area contributed by atoms with Crippen molar-refractivity contribution in [3.05, 3.63) is 46.7 Å². The van der Waals surface area contributed by atoms with Crippen molar-refractivity contribution >= 4 is 29.2 Å². The summed E-state index contributed by atoms with van der Waals surface area (Å²) in [6, 6.07) is 7.13. The van der Waals surface area contributed by atoms with Gasteiger partial charge in [-0.25, -0.2) is 0 Å². The van der Waals surface area contributed by atoms with Crippen molar-refractivity contribution < 1.29 is 4.74 Å². The first kappa shape index (κ1) is 19.4. The largest absolute Gasteiger partial charge is 0.492 e. The summed E-state index contributed by atoms with van der Waals surface area (Å²) in [5.41, 5.74) is 0. The fourth-order valence-corrected chi connectivity index (χ4v) is 2.62. The molecule has 0 saturated carbocycles. The lowest BCUT2D eigenvalue weighted by atomic mass is 10.3.